The summed E-state index contributed by atoms with van der Waals surface area (Å²) in [6.45, 7) is 0.431. The number of Topliss-reactive ketones (excluding diaryl/α,β-unsaturated/α-hetero) is 1. The Bertz CT molecular complexity index is 740. The van der Waals surface area contributed by atoms with Gasteiger partial charge in [0.25, 0.3) is 0 Å². The number of ether oxygens (including phenoxy) is 3. The van der Waals surface area contributed by atoms with Gasteiger partial charge in [-0.15, -0.1) is 0 Å². The van der Waals surface area contributed by atoms with Gasteiger partial charge in [0.15, 0.2) is 30.0 Å². The standard InChI is InChI=1S/C18H16O6/c19-14(13-6-7-15-16(10-13)23-9-8-22-15)11-24-18(21)17(20)12-4-2-1-3-5-12/h1-7,10,17,20H,8-9,11H2/t17-/m1/s1. The van der Waals surface area contributed by atoms with Gasteiger partial charge in [-0.05, 0) is 23.8 Å². The maximum Gasteiger partial charge on any atom is 0.340 e. The number of ketones is 1. The lowest BCUT2D eigenvalue weighted by molar-refractivity contribution is -0.152. The molecule has 1 N–H and O–H groups in total. The fourth-order valence-electron chi connectivity index (χ4n) is 2.29. The number of fused-ring (bicyclic) bond motifs is 1. The smallest absolute Gasteiger partial charge is 0.340 e. The minimum atomic E-state index is -1.42. The van der Waals surface area contributed by atoms with Crippen LogP contribution in [0.2, 0.25) is 0 Å². The highest BCUT2D eigenvalue weighted by Gasteiger charge is 2.21. The van der Waals surface area contributed by atoms with E-state index in [0.717, 1.165) is 0 Å². The molecule has 1 heterocycles. The first-order valence-electron chi connectivity index (χ1n) is 7.47. The van der Waals surface area contributed by atoms with Crippen molar-refractivity contribution in [3.63, 3.8) is 0 Å². The highest BCUT2D eigenvalue weighted by molar-refractivity contribution is 5.98. The third-order valence-electron chi connectivity index (χ3n) is 3.55. The number of hydrogen-bond acceptors (Lipinski definition) is 6. The number of hydrogen-bond donors (Lipinski definition) is 1. The van der Waals surface area contributed by atoms with Gasteiger partial charge in [-0.3, -0.25) is 4.79 Å². The number of rotatable bonds is 5. The van der Waals surface area contributed by atoms with Gasteiger partial charge in [0.2, 0.25) is 0 Å². The van der Waals surface area contributed by atoms with E-state index in [-0.39, 0.29) is 5.78 Å². The number of aliphatic hydroxyl groups excluding tert-OH is 1. The van der Waals surface area contributed by atoms with Crippen LogP contribution in [-0.4, -0.2) is 36.7 Å². The molecule has 0 saturated heterocycles. The molecule has 0 amide bonds. The van der Waals surface area contributed by atoms with Crippen LogP contribution in [-0.2, 0) is 9.53 Å². The first kappa shape index (κ1) is 16.0. The maximum atomic E-state index is 12.1. The van der Waals surface area contributed by atoms with E-state index < -0.39 is 18.7 Å². The molecule has 6 heteroatoms. The zero-order chi connectivity index (χ0) is 16.9. The number of esters is 1. The van der Waals surface area contributed by atoms with Crippen LogP contribution >= 0.6 is 0 Å². The van der Waals surface area contributed by atoms with Crippen LogP contribution < -0.4 is 9.47 Å². The molecule has 24 heavy (non-hydrogen) atoms. The lowest BCUT2D eigenvalue weighted by Gasteiger charge is -2.18. The van der Waals surface area contributed by atoms with Crippen molar-refractivity contribution in [2.45, 2.75) is 6.10 Å². The fraction of sp³-hybridized carbons (Fsp3) is 0.222. The lowest BCUT2D eigenvalue weighted by atomic mass is 10.1. The highest BCUT2D eigenvalue weighted by Crippen LogP contribution is 2.30. The summed E-state index contributed by atoms with van der Waals surface area (Å²) in [5, 5.41) is 9.91. The second kappa shape index (κ2) is 7.14. The molecule has 0 unspecified atom stereocenters. The zero-order valence-electron chi connectivity index (χ0n) is 12.8. The topological polar surface area (TPSA) is 82.1 Å². The van der Waals surface area contributed by atoms with Gasteiger partial charge in [0.05, 0.1) is 0 Å². The third-order valence-corrected chi connectivity index (χ3v) is 3.55. The van der Waals surface area contributed by atoms with E-state index in [4.69, 9.17) is 14.2 Å². The van der Waals surface area contributed by atoms with Crippen molar-refractivity contribution in [2.24, 2.45) is 0 Å². The summed E-state index contributed by atoms with van der Waals surface area (Å²) < 4.78 is 15.7. The molecule has 6 nitrogen and oxygen atoms in total. The SMILES string of the molecule is O=C(COC(=O)[C@H](O)c1ccccc1)c1ccc2c(c1)OCCO2. The van der Waals surface area contributed by atoms with Crippen LogP contribution in [0.4, 0.5) is 0 Å². The molecule has 1 aliphatic heterocycles. The monoisotopic (exact) mass is 328 g/mol. The predicted octanol–water partition coefficient (Wildman–Crippen LogP) is 1.92. The Morgan fingerprint density at radius 3 is 2.50 bits per heavy atom. The summed E-state index contributed by atoms with van der Waals surface area (Å²) in [6, 6.07) is 13.2. The normalized spacial score (nSPS) is 13.9. The summed E-state index contributed by atoms with van der Waals surface area (Å²) in [4.78, 5) is 24.0. The van der Waals surface area contributed by atoms with E-state index >= 15 is 0 Å². The van der Waals surface area contributed by atoms with E-state index in [1.54, 1.807) is 48.5 Å². The average molecular weight is 328 g/mol. The van der Waals surface area contributed by atoms with E-state index in [1.165, 1.54) is 0 Å². The third kappa shape index (κ3) is 3.55. The molecule has 0 bridgehead atoms. The Hall–Kier alpha value is -2.86. The van der Waals surface area contributed by atoms with Crippen LogP contribution in [0.25, 0.3) is 0 Å². The first-order valence-corrected chi connectivity index (χ1v) is 7.47. The van der Waals surface area contributed by atoms with Gasteiger partial charge in [-0.25, -0.2) is 4.79 Å². The van der Waals surface area contributed by atoms with Gasteiger partial charge >= 0.3 is 5.97 Å². The summed E-state index contributed by atoms with van der Waals surface area (Å²) in [7, 11) is 0. The minimum absolute atomic E-state index is 0.348. The second-order valence-electron chi connectivity index (χ2n) is 5.20. The Balaban J connectivity index is 1.60. The maximum absolute atomic E-state index is 12.1. The van der Waals surface area contributed by atoms with Crippen molar-refractivity contribution < 1.29 is 28.9 Å². The molecule has 0 aromatic heterocycles. The molecule has 0 fully saturated rings. The first-order chi connectivity index (χ1) is 11.6. The van der Waals surface area contributed by atoms with Crippen LogP contribution in [0.3, 0.4) is 0 Å². The van der Waals surface area contributed by atoms with Crippen molar-refractivity contribution in [2.75, 3.05) is 19.8 Å². The molecule has 2 aromatic rings. The van der Waals surface area contributed by atoms with Crippen molar-refractivity contribution in [1.29, 1.82) is 0 Å². The Morgan fingerprint density at radius 2 is 1.75 bits per heavy atom. The van der Waals surface area contributed by atoms with Gasteiger partial charge in [0.1, 0.15) is 13.2 Å². The number of carbonyl (C=O) groups is 2. The molecule has 3 rings (SSSR count). The van der Waals surface area contributed by atoms with Gasteiger partial charge < -0.3 is 19.3 Å². The molecule has 0 radical (unpaired) electrons. The Labute approximate surface area is 138 Å². The van der Waals surface area contributed by atoms with E-state index in [1.807, 2.05) is 0 Å². The Kier molecular flexibility index (Phi) is 4.77. The van der Waals surface area contributed by atoms with E-state index in [2.05, 4.69) is 0 Å². The summed E-state index contributed by atoms with van der Waals surface area (Å²) in [5.74, 6) is -0.190. The van der Waals surface area contributed by atoms with Crippen LogP contribution in [0, 0.1) is 0 Å². The van der Waals surface area contributed by atoms with Crippen molar-refractivity contribution in [3.8, 4) is 11.5 Å². The predicted molar refractivity (Wildman–Crippen MR) is 84.1 cm³/mol. The number of aliphatic hydroxyl groups is 1. The van der Waals surface area contributed by atoms with E-state index in [0.29, 0.717) is 35.8 Å². The van der Waals surface area contributed by atoms with Crippen LogP contribution in [0.1, 0.15) is 22.0 Å². The summed E-state index contributed by atoms with van der Waals surface area (Å²) in [5.41, 5.74) is 0.760. The molecular formula is C18H16O6. The molecule has 2 aromatic carbocycles. The minimum Gasteiger partial charge on any atom is -0.486 e. The molecule has 1 atom stereocenters. The summed E-state index contributed by atoms with van der Waals surface area (Å²) in [6.07, 6.45) is -1.42. The molecule has 124 valence electrons. The van der Waals surface area contributed by atoms with Crippen molar-refractivity contribution in [1.82, 2.24) is 0 Å². The molecular weight excluding hydrogens is 312 g/mol. The van der Waals surface area contributed by atoms with E-state index in [9.17, 15) is 14.7 Å². The average Bonchev–Trinajstić information content (AvgIpc) is 2.65. The lowest BCUT2D eigenvalue weighted by Crippen LogP contribution is -2.20. The van der Waals surface area contributed by atoms with Crippen LogP contribution in [0.5, 0.6) is 11.5 Å². The molecule has 0 spiro atoms. The molecule has 1 aliphatic rings. The van der Waals surface area contributed by atoms with Gasteiger partial charge in [-0.1, -0.05) is 30.3 Å². The quantitative estimate of drug-likeness (QED) is 0.667. The van der Waals surface area contributed by atoms with Crippen molar-refractivity contribution >= 4 is 11.8 Å². The molecule has 0 saturated carbocycles. The number of carbonyl (C=O) groups excluding carboxylic acids is 2. The van der Waals surface area contributed by atoms with Crippen molar-refractivity contribution in [3.05, 3.63) is 59.7 Å². The second-order valence-corrected chi connectivity index (χ2v) is 5.20. The largest absolute Gasteiger partial charge is 0.486 e. The fourth-order valence-corrected chi connectivity index (χ4v) is 2.29. The highest BCUT2D eigenvalue weighted by atomic mass is 16.6. The van der Waals surface area contributed by atoms with Crippen LogP contribution in [0.15, 0.2) is 48.5 Å². The molecule has 0 aliphatic carbocycles. The van der Waals surface area contributed by atoms with Gasteiger partial charge in [0, 0.05) is 5.56 Å². The summed E-state index contributed by atoms with van der Waals surface area (Å²) >= 11 is 0. The van der Waals surface area contributed by atoms with Gasteiger partial charge in [-0.2, -0.15) is 0 Å². The number of benzene rings is 2. The zero-order valence-corrected chi connectivity index (χ0v) is 12.8. The Morgan fingerprint density at radius 1 is 1.04 bits per heavy atom.